The van der Waals surface area contributed by atoms with Crippen LogP contribution in [0.1, 0.15) is 59.3 Å². The van der Waals surface area contributed by atoms with E-state index >= 15 is 4.39 Å². The standard InChI is InChI=1S/C24H32ClFN6O2S/c1-6-35(34)31-9-7-16(8-10-31)28-23-27-13-17(25)20(30-23)15-11-18(26)21-19(12-15)32(14(2)3)22(29-21)24(4,5)33/h11-14,16,33H,6-10H2,1-5H3,(H,27,28,30). The van der Waals surface area contributed by atoms with Gasteiger partial charge in [0.15, 0.2) is 5.82 Å². The number of nitrogens with one attached hydrogen (secondary N) is 1. The van der Waals surface area contributed by atoms with Crippen LogP contribution in [0.15, 0.2) is 18.3 Å². The molecule has 11 heteroatoms. The number of halogens is 2. The number of nitrogens with zero attached hydrogens (tertiary/aromatic N) is 5. The van der Waals surface area contributed by atoms with Gasteiger partial charge in [0.25, 0.3) is 0 Å². The Labute approximate surface area is 212 Å². The molecule has 1 saturated heterocycles. The first-order valence-electron chi connectivity index (χ1n) is 11.9. The molecule has 0 saturated carbocycles. The maximum atomic E-state index is 15.2. The number of benzene rings is 1. The average molecular weight is 523 g/mol. The minimum Gasteiger partial charge on any atom is -0.383 e. The van der Waals surface area contributed by atoms with Crippen LogP contribution in [0.4, 0.5) is 10.3 Å². The first-order chi connectivity index (χ1) is 16.5. The van der Waals surface area contributed by atoms with Crippen molar-refractivity contribution in [1.82, 2.24) is 23.8 Å². The highest BCUT2D eigenvalue weighted by molar-refractivity contribution is 7.82. The highest BCUT2D eigenvalue weighted by Gasteiger charge is 2.28. The van der Waals surface area contributed by atoms with Crippen molar-refractivity contribution in [2.45, 2.75) is 65.1 Å². The Bertz CT molecular complexity index is 1250. The minimum absolute atomic E-state index is 0.0536. The number of hydrogen-bond donors (Lipinski definition) is 2. The van der Waals surface area contributed by atoms with Crippen LogP contribution >= 0.6 is 11.6 Å². The second-order valence-corrected chi connectivity index (χ2v) is 11.8. The summed E-state index contributed by atoms with van der Waals surface area (Å²) in [7, 11) is -0.931. The van der Waals surface area contributed by atoms with Crippen molar-refractivity contribution in [1.29, 1.82) is 0 Å². The third-order valence-corrected chi connectivity index (χ3v) is 7.86. The van der Waals surface area contributed by atoms with Gasteiger partial charge in [0.05, 0.1) is 33.4 Å². The molecule has 0 aliphatic carbocycles. The summed E-state index contributed by atoms with van der Waals surface area (Å²) in [6.45, 7) is 10.6. The summed E-state index contributed by atoms with van der Waals surface area (Å²) in [5.41, 5.74) is 0.434. The maximum absolute atomic E-state index is 15.2. The maximum Gasteiger partial charge on any atom is 0.223 e. The minimum atomic E-state index is -1.24. The van der Waals surface area contributed by atoms with Crippen LogP contribution < -0.4 is 5.32 Å². The number of hydrogen-bond acceptors (Lipinski definition) is 6. The van der Waals surface area contributed by atoms with Crippen molar-refractivity contribution in [3.63, 3.8) is 0 Å². The molecule has 0 amide bonds. The summed E-state index contributed by atoms with van der Waals surface area (Å²) in [4.78, 5) is 13.4. The number of anilines is 1. The molecule has 3 aromatic rings. The van der Waals surface area contributed by atoms with Gasteiger partial charge in [0, 0.05) is 36.5 Å². The molecule has 2 N–H and O–H groups in total. The second-order valence-electron chi connectivity index (χ2n) is 9.63. The third kappa shape index (κ3) is 5.35. The van der Waals surface area contributed by atoms with E-state index < -0.39 is 22.4 Å². The van der Waals surface area contributed by atoms with E-state index in [2.05, 4.69) is 20.3 Å². The van der Waals surface area contributed by atoms with Crippen molar-refractivity contribution in [2.24, 2.45) is 0 Å². The van der Waals surface area contributed by atoms with E-state index in [-0.39, 0.29) is 17.6 Å². The van der Waals surface area contributed by atoms with Crippen LogP contribution in [0.5, 0.6) is 0 Å². The van der Waals surface area contributed by atoms with E-state index in [1.54, 1.807) is 19.9 Å². The largest absolute Gasteiger partial charge is 0.383 e. The van der Waals surface area contributed by atoms with E-state index in [1.807, 2.05) is 29.6 Å². The van der Waals surface area contributed by atoms with Crippen molar-refractivity contribution >= 4 is 39.6 Å². The van der Waals surface area contributed by atoms with E-state index in [4.69, 9.17) is 11.6 Å². The Kier molecular flexibility index (Phi) is 7.47. The van der Waals surface area contributed by atoms with Gasteiger partial charge in [-0.2, -0.15) is 0 Å². The molecule has 1 aliphatic rings. The third-order valence-electron chi connectivity index (χ3n) is 6.15. The molecule has 1 fully saturated rings. The Morgan fingerprint density at radius 2 is 1.97 bits per heavy atom. The monoisotopic (exact) mass is 522 g/mol. The van der Waals surface area contributed by atoms with Gasteiger partial charge < -0.3 is 15.0 Å². The zero-order valence-corrected chi connectivity index (χ0v) is 22.3. The molecule has 0 radical (unpaired) electrons. The molecule has 1 atom stereocenters. The average Bonchev–Trinajstić information content (AvgIpc) is 3.21. The molecule has 2 aromatic heterocycles. The Balaban J connectivity index is 1.67. The molecule has 4 rings (SSSR count). The van der Waals surface area contributed by atoms with Crippen LogP contribution in [0.3, 0.4) is 0 Å². The molecule has 35 heavy (non-hydrogen) atoms. The number of fused-ring (bicyclic) bond motifs is 1. The van der Waals surface area contributed by atoms with Gasteiger partial charge in [-0.3, -0.25) is 0 Å². The van der Waals surface area contributed by atoms with E-state index in [9.17, 15) is 9.32 Å². The van der Waals surface area contributed by atoms with Crippen LogP contribution in [0, 0.1) is 5.82 Å². The Hall–Kier alpha value is -2.14. The zero-order valence-electron chi connectivity index (χ0n) is 20.7. The first-order valence-corrected chi connectivity index (χ1v) is 13.5. The van der Waals surface area contributed by atoms with Gasteiger partial charge in [0.2, 0.25) is 5.95 Å². The van der Waals surface area contributed by atoms with Crippen molar-refractivity contribution in [3.05, 3.63) is 35.0 Å². The molecule has 1 aliphatic heterocycles. The lowest BCUT2D eigenvalue weighted by molar-refractivity contribution is 0.0641. The summed E-state index contributed by atoms with van der Waals surface area (Å²) in [5, 5.41) is 14.3. The van der Waals surface area contributed by atoms with Gasteiger partial charge in [-0.1, -0.05) is 18.5 Å². The molecule has 190 valence electrons. The first kappa shape index (κ1) is 25.9. The van der Waals surface area contributed by atoms with Crippen molar-refractivity contribution in [2.75, 3.05) is 24.2 Å². The molecule has 0 bridgehead atoms. The highest BCUT2D eigenvalue weighted by atomic mass is 35.5. The van der Waals surface area contributed by atoms with Crippen LogP contribution in [-0.2, 0) is 16.6 Å². The lowest BCUT2D eigenvalue weighted by Gasteiger charge is -2.31. The molecule has 1 aromatic carbocycles. The van der Waals surface area contributed by atoms with Gasteiger partial charge in [-0.15, -0.1) is 0 Å². The van der Waals surface area contributed by atoms with E-state index in [1.165, 1.54) is 12.3 Å². The normalized spacial score (nSPS) is 16.8. The summed E-state index contributed by atoms with van der Waals surface area (Å²) in [5.74, 6) is 0.915. The summed E-state index contributed by atoms with van der Waals surface area (Å²) >= 11 is 6.45. The number of imidazole rings is 1. The number of aliphatic hydroxyl groups is 1. The molecule has 1 unspecified atom stereocenters. The van der Waals surface area contributed by atoms with E-state index in [0.29, 0.717) is 39.3 Å². The molecule has 3 heterocycles. The quantitative estimate of drug-likeness (QED) is 0.468. The predicted octanol–water partition coefficient (Wildman–Crippen LogP) is 4.65. The lowest BCUT2D eigenvalue weighted by Crippen LogP contribution is -2.40. The summed E-state index contributed by atoms with van der Waals surface area (Å²) in [6.07, 6.45) is 3.15. The lowest BCUT2D eigenvalue weighted by atomic mass is 10.1. The Morgan fingerprint density at radius 1 is 1.29 bits per heavy atom. The fourth-order valence-corrected chi connectivity index (χ4v) is 5.64. The molecular formula is C24H32ClFN6O2S. The number of piperidine rings is 1. The van der Waals surface area contributed by atoms with Crippen LogP contribution in [0.2, 0.25) is 5.02 Å². The predicted molar refractivity (Wildman–Crippen MR) is 138 cm³/mol. The fourth-order valence-electron chi connectivity index (χ4n) is 4.45. The topological polar surface area (TPSA) is 96.2 Å². The smallest absolute Gasteiger partial charge is 0.223 e. The van der Waals surface area contributed by atoms with Crippen LogP contribution in [-0.4, -0.2) is 58.0 Å². The second kappa shape index (κ2) is 10.1. The van der Waals surface area contributed by atoms with E-state index in [0.717, 1.165) is 25.9 Å². The molecular weight excluding hydrogens is 491 g/mol. The summed E-state index contributed by atoms with van der Waals surface area (Å²) in [6, 6.07) is 3.26. The fraction of sp³-hybridized carbons (Fsp3) is 0.542. The summed E-state index contributed by atoms with van der Waals surface area (Å²) < 4.78 is 31.1. The van der Waals surface area contributed by atoms with Gasteiger partial charge >= 0.3 is 0 Å². The molecule has 8 nitrogen and oxygen atoms in total. The zero-order chi connectivity index (χ0) is 25.5. The Morgan fingerprint density at radius 3 is 2.57 bits per heavy atom. The van der Waals surface area contributed by atoms with Gasteiger partial charge in [-0.05, 0) is 52.7 Å². The van der Waals surface area contributed by atoms with Gasteiger partial charge in [0.1, 0.15) is 16.9 Å². The number of aromatic nitrogens is 4. The van der Waals surface area contributed by atoms with Gasteiger partial charge in [-0.25, -0.2) is 27.9 Å². The SMILES string of the molecule is CCS(=O)N1CCC(Nc2ncc(Cl)c(-c3cc(F)c4nc(C(C)(C)O)n(C(C)C)c4c3)n2)CC1. The van der Waals surface area contributed by atoms with Crippen LogP contribution in [0.25, 0.3) is 22.3 Å². The van der Waals surface area contributed by atoms with Crippen molar-refractivity contribution in [3.8, 4) is 11.3 Å². The molecule has 0 spiro atoms. The highest BCUT2D eigenvalue weighted by Crippen LogP contribution is 2.34. The number of rotatable bonds is 7. The van der Waals surface area contributed by atoms with Crippen molar-refractivity contribution < 1.29 is 13.7 Å².